The first-order chi connectivity index (χ1) is 9.89. The lowest BCUT2D eigenvalue weighted by molar-refractivity contribution is 0.0748. The van der Waals surface area contributed by atoms with Gasteiger partial charge < -0.3 is 9.29 Å². The summed E-state index contributed by atoms with van der Waals surface area (Å²) in [5.74, 6) is -0.968. The molecule has 2 aromatic carbocycles. The van der Waals surface area contributed by atoms with E-state index in [-0.39, 0.29) is 12.2 Å². The molecule has 0 radical (unpaired) electrons. The summed E-state index contributed by atoms with van der Waals surface area (Å²) >= 11 is 0. The number of hydrogen-bond donors (Lipinski definition) is 1. The van der Waals surface area contributed by atoms with E-state index < -0.39 is 16.1 Å². The first-order valence-corrected chi connectivity index (χ1v) is 7.95. The maximum absolute atomic E-state index is 11.8. The average molecular weight is 306 g/mol. The third-order valence-electron chi connectivity index (χ3n) is 2.75. The van der Waals surface area contributed by atoms with Crippen LogP contribution in [0, 0.1) is 0 Å². The van der Waals surface area contributed by atoms with Crippen molar-refractivity contribution in [3.05, 3.63) is 59.7 Å². The zero-order valence-corrected chi connectivity index (χ0v) is 12.1. The van der Waals surface area contributed by atoms with Gasteiger partial charge in [-0.2, -0.15) is 8.42 Å². The van der Waals surface area contributed by atoms with Gasteiger partial charge in [-0.1, -0.05) is 30.3 Å². The third-order valence-corrected chi connectivity index (χ3v) is 3.20. The summed E-state index contributed by atoms with van der Waals surface area (Å²) in [5.41, 5.74) is 2.12. The summed E-state index contributed by atoms with van der Waals surface area (Å²) in [6, 6.07) is 13.9. The standard InChI is InChI=1S/C15H14O5S/c1-21(18,19)20-15(17)14-8-11(10-16)7-13(9-14)12-5-3-2-4-6-12/h2-9,16H,10H2,1H3. The van der Waals surface area contributed by atoms with Crippen molar-refractivity contribution in [2.75, 3.05) is 6.26 Å². The molecule has 0 atom stereocenters. The van der Waals surface area contributed by atoms with Gasteiger partial charge >= 0.3 is 16.1 Å². The second kappa shape index (κ2) is 6.07. The van der Waals surface area contributed by atoms with E-state index in [1.54, 1.807) is 6.07 Å². The van der Waals surface area contributed by atoms with Crippen LogP contribution in [0.3, 0.4) is 0 Å². The van der Waals surface area contributed by atoms with E-state index >= 15 is 0 Å². The van der Waals surface area contributed by atoms with Crippen LogP contribution in [0.15, 0.2) is 48.5 Å². The Hall–Kier alpha value is -2.18. The van der Waals surface area contributed by atoms with Crippen molar-refractivity contribution in [2.24, 2.45) is 0 Å². The minimum absolute atomic E-state index is 0.0748. The maximum Gasteiger partial charge on any atom is 0.353 e. The van der Waals surface area contributed by atoms with E-state index in [2.05, 4.69) is 4.18 Å². The Bertz CT molecular complexity index is 751. The molecule has 0 amide bonds. The van der Waals surface area contributed by atoms with Crippen molar-refractivity contribution < 1.29 is 22.5 Å². The molecule has 0 heterocycles. The Labute approximate surface area is 122 Å². The highest BCUT2D eigenvalue weighted by Gasteiger charge is 2.15. The highest BCUT2D eigenvalue weighted by atomic mass is 32.2. The summed E-state index contributed by atoms with van der Waals surface area (Å²) in [4.78, 5) is 11.8. The average Bonchev–Trinajstić information content (AvgIpc) is 2.46. The van der Waals surface area contributed by atoms with Crippen LogP contribution in [0.1, 0.15) is 15.9 Å². The Kier molecular flexibility index (Phi) is 4.40. The minimum atomic E-state index is -3.88. The maximum atomic E-state index is 11.8. The fraction of sp³-hybridized carbons (Fsp3) is 0.133. The van der Waals surface area contributed by atoms with Crippen LogP contribution in [-0.2, 0) is 20.9 Å². The zero-order chi connectivity index (χ0) is 15.5. The Morgan fingerprint density at radius 2 is 1.76 bits per heavy atom. The molecule has 110 valence electrons. The molecular formula is C15H14O5S. The largest absolute Gasteiger partial charge is 0.392 e. The van der Waals surface area contributed by atoms with Crippen LogP contribution in [0.4, 0.5) is 0 Å². The Balaban J connectivity index is 2.46. The summed E-state index contributed by atoms with van der Waals surface area (Å²) in [6.45, 7) is -0.264. The lowest BCUT2D eigenvalue weighted by atomic mass is 10.00. The topological polar surface area (TPSA) is 80.7 Å². The van der Waals surface area contributed by atoms with Gasteiger partial charge in [0.15, 0.2) is 0 Å². The summed E-state index contributed by atoms with van der Waals surface area (Å²) in [7, 11) is -3.88. The minimum Gasteiger partial charge on any atom is -0.392 e. The Morgan fingerprint density at radius 3 is 2.33 bits per heavy atom. The van der Waals surface area contributed by atoms with Crippen molar-refractivity contribution in [3.63, 3.8) is 0 Å². The van der Waals surface area contributed by atoms with Crippen LogP contribution < -0.4 is 0 Å². The molecule has 0 aliphatic heterocycles. The van der Waals surface area contributed by atoms with E-state index in [4.69, 9.17) is 0 Å². The van der Waals surface area contributed by atoms with Crippen molar-refractivity contribution in [3.8, 4) is 11.1 Å². The molecule has 0 saturated heterocycles. The highest BCUT2D eigenvalue weighted by molar-refractivity contribution is 7.86. The smallest absolute Gasteiger partial charge is 0.353 e. The van der Waals surface area contributed by atoms with Crippen molar-refractivity contribution in [1.29, 1.82) is 0 Å². The molecule has 2 rings (SSSR count). The fourth-order valence-corrected chi connectivity index (χ4v) is 2.26. The molecule has 0 aliphatic carbocycles. The molecule has 0 fully saturated rings. The monoisotopic (exact) mass is 306 g/mol. The molecule has 21 heavy (non-hydrogen) atoms. The third kappa shape index (κ3) is 4.14. The van der Waals surface area contributed by atoms with Crippen molar-refractivity contribution >= 4 is 16.1 Å². The molecule has 5 nitrogen and oxygen atoms in total. The van der Waals surface area contributed by atoms with E-state index in [9.17, 15) is 18.3 Å². The molecule has 1 N–H and O–H groups in total. The summed E-state index contributed by atoms with van der Waals surface area (Å²) in [6.07, 6.45) is 0.804. The summed E-state index contributed by atoms with van der Waals surface area (Å²) < 4.78 is 26.4. The van der Waals surface area contributed by atoms with Gasteiger partial charge in [0.1, 0.15) is 0 Å². The van der Waals surface area contributed by atoms with Gasteiger partial charge in [0, 0.05) is 0 Å². The predicted molar refractivity (Wildman–Crippen MR) is 78.1 cm³/mol. The lowest BCUT2D eigenvalue weighted by Crippen LogP contribution is -2.12. The van der Waals surface area contributed by atoms with Crippen LogP contribution >= 0.6 is 0 Å². The van der Waals surface area contributed by atoms with E-state index in [0.717, 1.165) is 11.8 Å². The van der Waals surface area contributed by atoms with Crippen LogP contribution in [-0.4, -0.2) is 25.7 Å². The van der Waals surface area contributed by atoms with Crippen LogP contribution in [0.5, 0.6) is 0 Å². The summed E-state index contributed by atoms with van der Waals surface area (Å²) in [5, 5.41) is 9.28. The number of rotatable bonds is 4. The second-order valence-electron chi connectivity index (χ2n) is 4.52. The van der Waals surface area contributed by atoms with Crippen molar-refractivity contribution in [1.82, 2.24) is 0 Å². The molecular weight excluding hydrogens is 292 g/mol. The molecule has 0 saturated carbocycles. The molecule has 2 aromatic rings. The van der Waals surface area contributed by atoms with Gasteiger partial charge in [-0.25, -0.2) is 4.79 Å². The fourth-order valence-electron chi connectivity index (χ4n) is 1.88. The Morgan fingerprint density at radius 1 is 1.10 bits per heavy atom. The molecule has 6 heteroatoms. The normalized spacial score (nSPS) is 11.1. The van der Waals surface area contributed by atoms with Crippen LogP contribution in [0.25, 0.3) is 11.1 Å². The molecule has 0 aliphatic rings. The molecule has 0 bridgehead atoms. The van der Waals surface area contributed by atoms with Gasteiger partial charge in [-0.15, -0.1) is 0 Å². The first-order valence-electron chi connectivity index (χ1n) is 6.13. The highest BCUT2D eigenvalue weighted by Crippen LogP contribution is 2.23. The van der Waals surface area contributed by atoms with E-state index in [1.807, 2.05) is 30.3 Å². The van der Waals surface area contributed by atoms with Gasteiger partial charge in [0.05, 0.1) is 18.4 Å². The number of carbonyl (C=O) groups is 1. The van der Waals surface area contributed by atoms with E-state index in [0.29, 0.717) is 11.1 Å². The van der Waals surface area contributed by atoms with Gasteiger partial charge in [0.25, 0.3) is 0 Å². The van der Waals surface area contributed by atoms with Gasteiger partial charge in [0.2, 0.25) is 0 Å². The second-order valence-corrected chi connectivity index (χ2v) is 6.09. The number of aliphatic hydroxyl groups excluding tert-OH is 1. The van der Waals surface area contributed by atoms with Crippen LogP contribution in [0.2, 0.25) is 0 Å². The quantitative estimate of drug-likeness (QED) is 0.873. The number of carbonyl (C=O) groups excluding carboxylic acids is 1. The molecule has 0 aromatic heterocycles. The number of benzene rings is 2. The van der Waals surface area contributed by atoms with Gasteiger partial charge in [-0.3, -0.25) is 0 Å². The first kappa shape index (κ1) is 15.2. The van der Waals surface area contributed by atoms with Gasteiger partial charge in [-0.05, 0) is 34.9 Å². The SMILES string of the molecule is CS(=O)(=O)OC(=O)c1cc(CO)cc(-c2ccccc2)c1. The lowest BCUT2D eigenvalue weighted by Gasteiger charge is -2.08. The molecule has 0 unspecified atom stereocenters. The number of hydrogen-bond acceptors (Lipinski definition) is 5. The predicted octanol–water partition coefficient (Wildman–Crippen LogP) is 1.96. The number of aliphatic hydroxyl groups is 1. The van der Waals surface area contributed by atoms with Crippen molar-refractivity contribution in [2.45, 2.75) is 6.61 Å². The zero-order valence-electron chi connectivity index (χ0n) is 11.3. The molecule has 0 spiro atoms. The van der Waals surface area contributed by atoms with E-state index in [1.165, 1.54) is 12.1 Å².